The van der Waals surface area contributed by atoms with Crippen LogP contribution in [0.5, 0.6) is 0 Å². The zero-order valence-electron chi connectivity index (χ0n) is 17.2. The van der Waals surface area contributed by atoms with Gasteiger partial charge in [0.05, 0.1) is 28.7 Å². The molecule has 1 aromatic carbocycles. The predicted molar refractivity (Wildman–Crippen MR) is 111 cm³/mol. The van der Waals surface area contributed by atoms with Gasteiger partial charge in [-0.15, -0.1) is 0 Å². The third-order valence-electron chi connectivity index (χ3n) is 5.31. The number of esters is 1. The van der Waals surface area contributed by atoms with Gasteiger partial charge in [-0.3, -0.25) is 4.79 Å². The molecule has 2 aliphatic rings. The fraction of sp³-hybridized carbons (Fsp3) is 0.600. The average molecular weight is 459 g/mol. The number of likely N-dealkylation sites (tertiary alicyclic amines) is 1. The molecule has 0 spiro atoms. The van der Waals surface area contributed by atoms with Crippen molar-refractivity contribution in [3.8, 4) is 0 Å². The molecule has 0 radical (unpaired) electrons. The van der Waals surface area contributed by atoms with Crippen molar-refractivity contribution in [1.82, 2.24) is 9.21 Å². The number of rotatable bonds is 5. The molecular weight excluding hydrogens is 432 g/mol. The lowest BCUT2D eigenvalue weighted by Gasteiger charge is -2.34. The number of morpholine rings is 1. The van der Waals surface area contributed by atoms with Crippen LogP contribution in [0.3, 0.4) is 0 Å². The Morgan fingerprint density at radius 2 is 1.80 bits per heavy atom. The van der Waals surface area contributed by atoms with Gasteiger partial charge in [-0.2, -0.15) is 4.31 Å². The van der Waals surface area contributed by atoms with Gasteiger partial charge in [-0.25, -0.2) is 13.2 Å². The Balaban J connectivity index is 1.68. The quantitative estimate of drug-likeness (QED) is 0.627. The number of nitrogens with zero attached hydrogens (tertiary/aromatic N) is 2. The van der Waals surface area contributed by atoms with E-state index in [1.807, 2.05) is 0 Å². The number of sulfonamides is 1. The van der Waals surface area contributed by atoms with E-state index in [2.05, 4.69) is 13.8 Å². The van der Waals surface area contributed by atoms with E-state index in [0.717, 1.165) is 6.42 Å². The van der Waals surface area contributed by atoms with E-state index < -0.39 is 22.6 Å². The van der Waals surface area contributed by atoms with Gasteiger partial charge >= 0.3 is 5.97 Å². The summed E-state index contributed by atoms with van der Waals surface area (Å²) in [7, 11) is -3.78. The van der Waals surface area contributed by atoms with Crippen molar-refractivity contribution in [3.63, 3.8) is 0 Å². The summed E-state index contributed by atoms with van der Waals surface area (Å²) in [6, 6.07) is 3.90. The molecule has 0 bridgehead atoms. The Hall–Kier alpha value is -1.68. The van der Waals surface area contributed by atoms with Crippen molar-refractivity contribution in [2.24, 2.45) is 11.8 Å². The van der Waals surface area contributed by atoms with E-state index in [4.69, 9.17) is 21.1 Å². The van der Waals surface area contributed by atoms with E-state index in [-0.39, 0.29) is 34.5 Å². The number of halogens is 1. The number of amides is 1. The highest BCUT2D eigenvalue weighted by atomic mass is 35.5. The van der Waals surface area contributed by atoms with Gasteiger partial charge < -0.3 is 14.4 Å². The molecule has 2 heterocycles. The van der Waals surface area contributed by atoms with Crippen LogP contribution in [-0.2, 0) is 24.3 Å². The number of hydrogen-bond donors (Lipinski definition) is 0. The van der Waals surface area contributed by atoms with Gasteiger partial charge in [0, 0.05) is 26.2 Å². The van der Waals surface area contributed by atoms with E-state index in [1.54, 1.807) is 4.90 Å². The number of ether oxygens (including phenoxy) is 2. The van der Waals surface area contributed by atoms with Crippen molar-refractivity contribution < 1.29 is 27.5 Å². The second-order valence-electron chi connectivity index (χ2n) is 7.98. The fourth-order valence-corrected chi connectivity index (χ4v) is 5.55. The van der Waals surface area contributed by atoms with Crippen LogP contribution in [0.2, 0.25) is 5.02 Å². The second kappa shape index (κ2) is 9.64. The molecule has 2 fully saturated rings. The average Bonchev–Trinajstić information content (AvgIpc) is 2.71. The summed E-state index contributed by atoms with van der Waals surface area (Å²) in [4.78, 5) is 26.6. The van der Waals surface area contributed by atoms with Crippen molar-refractivity contribution in [1.29, 1.82) is 0 Å². The largest absolute Gasteiger partial charge is 0.452 e. The molecule has 8 nitrogen and oxygen atoms in total. The lowest BCUT2D eigenvalue weighted by molar-refractivity contribution is -0.137. The normalized spacial score (nSPS) is 23.2. The molecule has 0 saturated carbocycles. The maximum Gasteiger partial charge on any atom is 0.340 e. The Morgan fingerprint density at radius 3 is 2.43 bits per heavy atom. The Morgan fingerprint density at radius 1 is 1.17 bits per heavy atom. The van der Waals surface area contributed by atoms with Gasteiger partial charge in [-0.05, 0) is 36.5 Å². The molecule has 0 N–H and O–H groups in total. The van der Waals surface area contributed by atoms with Crippen molar-refractivity contribution >= 4 is 33.5 Å². The lowest BCUT2D eigenvalue weighted by atomic mass is 9.92. The minimum Gasteiger partial charge on any atom is -0.452 e. The van der Waals surface area contributed by atoms with E-state index in [9.17, 15) is 18.0 Å². The number of piperidine rings is 1. The van der Waals surface area contributed by atoms with Crippen LogP contribution in [0.15, 0.2) is 23.1 Å². The van der Waals surface area contributed by atoms with Crippen LogP contribution >= 0.6 is 11.6 Å². The van der Waals surface area contributed by atoms with Gasteiger partial charge in [-0.1, -0.05) is 25.4 Å². The van der Waals surface area contributed by atoms with E-state index in [0.29, 0.717) is 38.1 Å². The van der Waals surface area contributed by atoms with Gasteiger partial charge in [0.15, 0.2) is 6.61 Å². The number of carbonyl (C=O) groups excluding carboxylic acids is 2. The zero-order valence-corrected chi connectivity index (χ0v) is 18.7. The highest BCUT2D eigenvalue weighted by Gasteiger charge is 2.29. The lowest BCUT2D eigenvalue weighted by Crippen LogP contribution is -2.44. The third-order valence-corrected chi connectivity index (χ3v) is 7.54. The summed E-state index contributed by atoms with van der Waals surface area (Å²) in [6.45, 7) is 6.15. The molecular formula is C20H27ClN2O6S. The first-order chi connectivity index (χ1) is 14.2. The monoisotopic (exact) mass is 458 g/mol. The van der Waals surface area contributed by atoms with Crippen molar-refractivity contribution in [2.75, 3.05) is 46.0 Å². The van der Waals surface area contributed by atoms with E-state index >= 15 is 0 Å². The molecule has 2 aliphatic heterocycles. The van der Waals surface area contributed by atoms with Gasteiger partial charge in [0.25, 0.3) is 5.91 Å². The smallest absolute Gasteiger partial charge is 0.340 e. The van der Waals surface area contributed by atoms with Crippen LogP contribution in [0, 0.1) is 11.8 Å². The van der Waals surface area contributed by atoms with Crippen LogP contribution < -0.4 is 0 Å². The van der Waals surface area contributed by atoms with Crippen LogP contribution in [0.4, 0.5) is 0 Å². The summed E-state index contributed by atoms with van der Waals surface area (Å²) in [6.07, 6.45) is 1.06. The topological polar surface area (TPSA) is 93.2 Å². The van der Waals surface area contributed by atoms with Crippen molar-refractivity contribution in [3.05, 3.63) is 28.8 Å². The van der Waals surface area contributed by atoms with Crippen molar-refractivity contribution in [2.45, 2.75) is 25.2 Å². The van der Waals surface area contributed by atoms with Gasteiger partial charge in [0.1, 0.15) is 0 Å². The summed E-state index contributed by atoms with van der Waals surface area (Å²) in [5.41, 5.74) is -0.0841. The summed E-state index contributed by atoms with van der Waals surface area (Å²) in [5, 5.41) is 0.0635. The molecule has 2 saturated heterocycles. The highest BCUT2D eigenvalue weighted by molar-refractivity contribution is 7.89. The molecule has 2 atom stereocenters. The Bertz CT molecular complexity index is 891. The van der Waals surface area contributed by atoms with Crippen LogP contribution in [0.1, 0.15) is 30.6 Å². The zero-order chi connectivity index (χ0) is 21.9. The number of hydrogen-bond acceptors (Lipinski definition) is 6. The third kappa shape index (κ3) is 5.32. The Kier molecular flexibility index (Phi) is 7.38. The SMILES string of the molecule is C[C@@H]1C[C@@H](C)CN(C(=O)COC(=O)c2cc(S(=O)(=O)N3CCOCC3)ccc2Cl)C1. The van der Waals surface area contributed by atoms with E-state index in [1.165, 1.54) is 22.5 Å². The molecule has 166 valence electrons. The molecule has 0 aromatic heterocycles. The molecule has 1 aromatic rings. The second-order valence-corrected chi connectivity index (χ2v) is 10.3. The fourth-order valence-electron chi connectivity index (χ4n) is 3.92. The standard InChI is InChI=1S/C20H27ClN2O6S/c1-14-9-15(2)12-22(11-14)19(24)13-29-20(25)17-10-16(3-4-18(17)21)30(26,27)23-5-7-28-8-6-23/h3-4,10,14-15H,5-9,11-13H2,1-2H3/t14-,15-/m1/s1. The van der Waals surface area contributed by atoms with Gasteiger partial charge in [0.2, 0.25) is 10.0 Å². The first-order valence-electron chi connectivity index (χ1n) is 10.0. The van der Waals surface area contributed by atoms with Crippen LogP contribution in [0.25, 0.3) is 0 Å². The molecule has 0 unspecified atom stereocenters. The molecule has 1 amide bonds. The summed E-state index contributed by atoms with van der Waals surface area (Å²) in [5.74, 6) is -0.310. The molecule has 3 rings (SSSR count). The summed E-state index contributed by atoms with van der Waals surface area (Å²) >= 11 is 6.10. The number of carbonyl (C=O) groups is 2. The molecule has 30 heavy (non-hydrogen) atoms. The minimum absolute atomic E-state index is 0.0502. The molecule has 0 aliphatic carbocycles. The highest BCUT2D eigenvalue weighted by Crippen LogP contribution is 2.25. The number of benzene rings is 1. The maximum atomic E-state index is 12.8. The first kappa shape index (κ1) is 23.0. The van der Waals surface area contributed by atoms with Crippen LogP contribution in [-0.4, -0.2) is 75.5 Å². The first-order valence-corrected chi connectivity index (χ1v) is 11.8. The minimum atomic E-state index is -3.78. The Labute approximate surface area is 182 Å². The maximum absolute atomic E-state index is 12.8. The molecule has 10 heteroatoms. The summed E-state index contributed by atoms with van der Waals surface area (Å²) < 4.78 is 37.3. The predicted octanol–water partition coefficient (Wildman–Crippen LogP) is 2.02.